The van der Waals surface area contributed by atoms with Crippen LogP contribution in [-0.2, 0) is 9.59 Å². The topological polar surface area (TPSA) is 47.0 Å². The van der Waals surface area contributed by atoms with E-state index in [0.29, 0.717) is 12.8 Å². The van der Waals surface area contributed by atoms with Gasteiger partial charge in [-0.2, -0.15) is 0 Å². The lowest BCUT2D eigenvalue weighted by Gasteiger charge is -2.10. The molecule has 0 aliphatic carbocycles. The van der Waals surface area contributed by atoms with Crippen molar-refractivity contribution in [3.05, 3.63) is 42.1 Å². The van der Waals surface area contributed by atoms with Crippen LogP contribution in [0.5, 0.6) is 0 Å². The monoisotopic (exact) mass is 227 g/mol. The van der Waals surface area contributed by atoms with E-state index < -0.39 is 0 Å². The first-order valence-electron chi connectivity index (χ1n) is 5.58. The SMILES string of the molecule is O=CCC(CC=O)c1ccc2ccccc2n1. The minimum absolute atomic E-state index is 0.102. The largest absolute Gasteiger partial charge is 0.303 e. The predicted molar refractivity (Wildman–Crippen MR) is 65.8 cm³/mol. The van der Waals surface area contributed by atoms with Crippen molar-refractivity contribution in [2.75, 3.05) is 0 Å². The van der Waals surface area contributed by atoms with E-state index in [2.05, 4.69) is 4.98 Å². The highest BCUT2D eigenvalue weighted by atomic mass is 16.1. The highest BCUT2D eigenvalue weighted by Gasteiger charge is 2.12. The second-order valence-corrected chi connectivity index (χ2v) is 3.93. The number of para-hydroxylation sites is 1. The molecule has 3 nitrogen and oxygen atoms in total. The summed E-state index contributed by atoms with van der Waals surface area (Å²) < 4.78 is 0. The van der Waals surface area contributed by atoms with Gasteiger partial charge in [-0.3, -0.25) is 4.98 Å². The van der Waals surface area contributed by atoms with Crippen LogP contribution in [0.3, 0.4) is 0 Å². The number of aromatic nitrogens is 1. The summed E-state index contributed by atoms with van der Waals surface area (Å²) in [5.41, 5.74) is 1.70. The van der Waals surface area contributed by atoms with Gasteiger partial charge in [0.05, 0.1) is 5.52 Å². The number of aldehydes is 2. The van der Waals surface area contributed by atoms with E-state index in [9.17, 15) is 9.59 Å². The molecule has 2 aromatic rings. The lowest BCUT2D eigenvalue weighted by Crippen LogP contribution is -2.03. The summed E-state index contributed by atoms with van der Waals surface area (Å²) in [7, 11) is 0. The molecule has 1 aromatic carbocycles. The van der Waals surface area contributed by atoms with E-state index in [1.54, 1.807) is 0 Å². The van der Waals surface area contributed by atoms with E-state index in [0.717, 1.165) is 29.2 Å². The van der Waals surface area contributed by atoms with Crippen LogP contribution in [0.15, 0.2) is 36.4 Å². The smallest absolute Gasteiger partial charge is 0.120 e. The lowest BCUT2D eigenvalue weighted by atomic mass is 9.97. The molecule has 0 saturated heterocycles. The molecule has 0 saturated carbocycles. The number of hydrogen-bond donors (Lipinski definition) is 0. The summed E-state index contributed by atoms with van der Waals surface area (Å²) in [6.45, 7) is 0. The number of benzene rings is 1. The van der Waals surface area contributed by atoms with E-state index in [1.807, 2.05) is 36.4 Å². The fourth-order valence-corrected chi connectivity index (χ4v) is 1.88. The van der Waals surface area contributed by atoms with Gasteiger partial charge < -0.3 is 9.59 Å². The molecule has 0 aliphatic heterocycles. The zero-order valence-corrected chi connectivity index (χ0v) is 9.37. The number of carbonyl (C=O) groups is 2. The molecule has 0 atom stereocenters. The summed E-state index contributed by atoms with van der Waals surface area (Å²) in [6, 6.07) is 11.7. The Bertz CT molecular complexity index is 526. The van der Waals surface area contributed by atoms with Gasteiger partial charge >= 0.3 is 0 Å². The van der Waals surface area contributed by atoms with Crippen LogP contribution >= 0.6 is 0 Å². The van der Waals surface area contributed by atoms with Crippen LogP contribution in [0.2, 0.25) is 0 Å². The molecule has 3 heteroatoms. The molecule has 1 aromatic heterocycles. The molecule has 0 bridgehead atoms. The van der Waals surface area contributed by atoms with Crippen molar-refractivity contribution in [1.82, 2.24) is 4.98 Å². The van der Waals surface area contributed by atoms with Gasteiger partial charge in [0.15, 0.2) is 0 Å². The quantitative estimate of drug-likeness (QED) is 0.737. The lowest BCUT2D eigenvalue weighted by molar-refractivity contribution is -0.109. The summed E-state index contributed by atoms with van der Waals surface area (Å²) >= 11 is 0. The maximum atomic E-state index is 10.6. The van der Waals surface area contributed by atoms with Gasteiger partial charge in [0.1, 0.15) is 12.6 Å². The second kappa shape index (κ2) is 5.34. The van der Waals surface area contributed by atoms with E-state index >= 15 is 0 Å². The van der Waals surface area contributed by atoms with E-state index in [-0.39, 0.29) is 5.92 Å². The zero-order chi connectivity index (χ0) is 12.1. The van der Waals surface area contributed by atoms with Gasteiger partial charge in [0.25, 0.3) is 0 Å². The van der Waals surface area contributed by atoms with Crippen molar-refractivity contribution in [3.63, 3.8) is 0 Å². The molecule has 0 N–H and O–H groups in total. The van der Waals surface area contributed by atoms with Crippen LogP contribution < -0.4 is 0 Å². The minimum atomic E-state index is -0.102. The fraction of sp³-hybridized carbons (Fsp3) is 0.214. The van der Waals surface area contributed by atoms with Crippen molar-refractivity contribution < 1.29 is 9.59 Å². The number of nitrogens with zero attached hydrogens (tertiary/aromatic N) is 1. The third-order valence-electron chi connectivity index (χ3n) is 2.80. The molecular weight excluding hydrogens is 214 g/mol. The predicted octanol–water partition coefficient (Wildman–Crippen LogP) is 2.50. The first-order valence-corrected chi connectivity index (χ1v) is 5.58. The molecule has 0 amide bonds. The highest BCUT2D eigenvalue weighted by molar-refractivity contribution is 5.78. The number of carbonyl (C=O) groups excluding carboxylic acids is 2. The first-order chi connectivity index (χ1) is 8.35. The van der Waals surface area contributed by atoms with Crippen LogP contribution in [0.4, 0.5) is 0 Å². The second-order valence-electron chi connectivity index (χ2n) is 3.93. The Hall–Kier alpha value is -2.03. The molecule has 0 unspecified atom stereocenters. The van der Waals surface area contributed by atoms with Crippen molar-refractivity contribution >= 4 is 23.5 Å². The molecule has 86 valence electrons. The summed E-state index contributed by atoms with van der Waals surface area (Å²) in [4.78, 5) is 25.7. The van der Waals surface area contributed by atoms with Gasteiger partial charge in [-0.1, -0.05) is 24.3 Å². The molecule has 2 rings (SSSR count). The van der Waals surface area contributed by atoms with Crippen LogP contribution in [0.25, 0.3) is 10.9 Å². The standard InChI is InChI=1S/C14H13NO2/c16-9-7-12(8-10-17)14-6-5-11-3-1-2-4-13(11)15-14/h1-6,9-10,12H,7-8H2. The maximum Gasteiger partial charge on any atom is 0.120 e. The Morgan fingerprint density at radius 1 is 1.00 bits per heavy atom. The zero-order valence-electron chi connectivity index (χ0n) is 9.37. The molecule has 17 heavy (non-hydrogen) atoms. The number of rotatable bonds is 5. The summed E-state index contributed by atoms with van der Waals surface area (Å²) in [6.07, 6.45) is 2.35. The molecule has 0 spiro atoms. The third-order valence-corrected chi connectivity index (χ3v) is 2.80. The van der Waals surface area contributed by atoms with Gasteiger partial charge in [-0.15, -0.1) is 0 Å². The van der Waals surface area contributed by atoms with E-state index in [4.69, 9.17) is 0 Å². The van der Waals surface area contributed by atoms with E-state index in [1.165, 1.54) is 0 Å². The Labute approximate surface area is 99.5 Å². The number of fused-ring (bicyclic) bond motifs is 1. The minimum Gasteiger partial charge on any atom is -0.303 e. The van der Waals surface area contributed by atoms with Gasteiger partial charge in [-0.05, 0) is 12.1 Å². The Morgan fingerprint density at radius 3 is 2.41 bits per heavy atom. The fourth-order valence-electron chi connectivity index (χ4n) is 1.88. The molecular formula is C14H13NO2. The molecule has 0 fully saturated rings. The van der Waals surface area contributed by atoms with Crippen molar-refractivity contribution in [1.29, 1.82) is 0 Å². The van der Waals surface area contributed by atoms with Crippen molar-refractivity contribution in [2.45, 2.75) is 18.8 Å². The van der Waals surface area contributed by atoms with Crippen LogP contribution in [0, 0.1) is 0 Å². The Balaban J connectivity index is 2.39. The highest BCUT2D eigenvalue weighted by Crippen LogP contribution is 2.22. The maximum absolute atomic E-state index is 10.6. The Kier molecular flexibility index (Phi) is 3.60. The molecule has 0 aliphatic rings. The summed E-state index contributed by atoms with van der Waals surface area (Å²) in [5, 5.41) is 1.06. The normalized spacial score (nSPS) is 10.6. The van der Waals surface area contributed by atoms with Crippen LogP contribution in [-0.4, -0.2) is 17.6 Å². The van der Waals surface area contributed by atoms with Crippen molar-refractivity contribution in [3.8, 4) is 0 Å². The average Bonchev–Trinajstić information content (AvgIpc) is 2.38. The average molecular weight is 227 g/mol. The van der Waals surface area contributed by atoms with Gasteiger partial charge in [0.2, 0.25) is 0 Å². The number of pyridine rings is 1. The summed E-state index contributed by atoms with van der Waals surface area (Å²) in [5.74, 6) is -0.102. The molecule has 1 heterocycles. The van der Waals surface area contributed by atoms with Gasteiger partial charge in [0, 0.05) is 29.8 Å². The van der Waals surface area contributed by atoms with Gasteiger partial charge in [-0.25, -0.2) is 0 Å². The Morgan fingerprint density at radius 2 is 1.71 bits per heavy atom. The third kappa shape index (κ3) is 2.56. The van der Waals surface area contributed by atoms with Crippen LogP contribution in [0.1, 0.15) is 24.5 Å². The van der Waals surface area contributed by atoms with Crippen molar-refractivity contribution in [2.24, 2.45) is 0 Å². The molecule has 0 radical (unpaired) electrons. The number of hydrogen-bond acceptors (Lipinski definition) is 3. The first kappa shape index (κ1) is 11.5.